The van der Waals surface area contributed by atoms with E-state index in [9.17, 15) is 29.4 Å². The number of hydrogen-bond donors (Lipinski definition) is 3. The van der Waals surface area contributed by atoms with Gasteiger partial charge in [0.25, 0.3) is 0 Å². The maximum Gasteiger partial charge on any atom is 0.323 e. The molecule has 0 saturated carbocycles. The van der Waals surface area contributed by atoms with Crippen molar-refractivity contribution < 1.29 is 34.5 Å². The Kier molecular flexibility index (Phi) is 10.2. The van der Waals surface area contributed by atoms with Crippen molar-refractivity contribution >= 4 is 23.7 Å². The number of rotatable bonds is 9. The minimum atomic E-state index is -1.06. The van der Waals surface area contributed by atoms with Crippen LogP contribution in [0.15, 0.2) is 36.8 Å². The summed E-state index contributed by atoms with van der Waals surface area (Å²) in [6.45, 7) is 1.09. The van der Waals surface area contributed by atoms with Gasteiger partial charge >= 0.3 is 17.9 Å². The second kappa shape index (κ2) is 13.1. The molecule has 12 heteroatoms. The Bertz CT molecular complexity index is 849. The third kappa shape index (κ3) is 10.1. The molecule has 0 atom stereocenters. The standard InChI is InChI=1S/C21H29N5O7/c27-18(17-3-1-2-4-22-17)13-23-5-7-24(14-19(28)29)9-11-26(16-21(32)33)12-10-25(8-6-23)15-20(30)31/h1-4,9,11H,5-8,10,12-16H2,(H,28,29)(H,30,31)(H,32,33)/b11-9-. The van der Waals surface area contributed by atoms with E-state index in [0.29, 0.717) is 25.3 Å². The molecule has 1 aliphatic heterocycles. The third-order valence-electron chi connectivity index (χ3n) is 4.98. The lowest BCUT2D eigenvalue weighted by atomic mass is 10.2. The Morgan fingerprint density at radius 2 is 1.18 bits per heavy atom. The monoisotopic (exact) mass is 463 g/mol. The molecule has 1 aromatic heterocycles. The van der Waals surface area contributed by atoms with Gasteiger partial charge < -0.3 is 25.1 Å². The number of carbonyl (C=O) groups excluding carboxylic acids is 1. The fourth-order valence-corrected chi connectivity index (χ4v) is 3.31. The predicted octanol–water partition coefficient (Wildman–Crippen LogP) is -0.789. The molecule has 33 heavy (non-hydrogen) atoms. The lowest BCUT2D eigenvalue weighted by molar-refractivity contribution is -0.139. The number of carboxylic acid groups (broad SMARTS) is 3. The quantitative estimate of drug-likeness (QED) is 0.393. The first-order valence-corrected chi connectivity index (χ1v) is 10.4. The molecular weight excluding hydrogens is 434 g/mol. The van der Waals surface area contributed by atoms with Crippen LogP contribution in [0.1, 0.15) is 10.5 Å². The van der Waals surface area contributed by atoms with Crippen LogP contribution in [0, 0.1) is 0 Å². The van der Waals surface area contributed by atoms with Gasteiger partial charge in [-0.2, -0.15) is 0 Å². The van der Waals surface area contributed by atoms with E-state index in [4.69, 9.17) is 5.11 Å². The molecule has 0 amide bonds. The van der Waals surface area contributed by atoms with E-state index in [2.05, 4.69) is 4.98 Å². The number of aliphatic carboxylic acids is 3. The second-order valence-corrected chi connectivity index (χ2v) is 7.61. The van der Waals surface area contributed by atoms with E-state index in [-0.39, 0.29) is 51.6 Å². The summed E-state index contributed by atoms with van der Waals surface area (Å²) in [5.41, 5.74) is 0.317. The molecule has 0 aromatic carbocycles. The third-order valence-corrected chi connectivity index (χ3v) is 4.98. The summed E-state index contributed by atoms with van der Waals surface area (Å²) in [5, 5.41) is 27.6. The van der Waals surface area contributed by atoms with Crippen molar-refractivity contribution in [1.82, 2.24) is 24.6 Å². The van der Waals surface area contributed by atoms with E-state index in [0.717, 1.165) is 0 Å². The molecule has 0 spiro atoms. The summed E-state index contributed by atoms with van der Waals surface area (Å²) in [6, 6.07) is 5.04. The van der Waals surface area contributed by atoms with Gasteiger partial charge in [0.2, 0.25) is 0 Å². The normalized spacial score (nSPS) is 17.6. The van der Waals surface area contributed by atoms with Gasteiger partial charge in [-0.15, -0.1) is 0 Å². The number of nitrogens with zero attached hydrogens (tertiary/aromatic N) is 5. The van der Waals surface area contributed by atoms with Crippen LogP contribution in [0.2, 0.25) is 0 Å². The topological polar surface area (TPSA) is 155 Å². The molecule has 1 aromatic rings. The summed E-state index contributed by atoms with van der Waals surface area (Å²) in [6.07, 6.45) is 4.54. The van der Waals surface area contributed by atoms with Crippen molar-refractivity contribution in [2.45, 2.75) is 0 Å². The van der Waals surface area contributed by atoms with Crippen molar-refractivity contribution in [3.05, 3.63) is 42.5 Å². The van der Waals surface area contributed by atoms with Gasteiger partial charge in [0.05, 0.1) is 13.1 Å². The number of aromatic nitrogens is 1. The van der Waals surface area contributed by atoms with E-state index >= 15 is 0 Å². The molecule has 0 fully saturated rings. The van der Waals surface area contributed by atoms with Gasteiger partial charge in [-0.1, -0.05) is 6.07 Å². The highest BCUT2D eigenvalue weighted by atomic mass is 16.4. The van der Waals surface area contributed by atoms with Crippen molar-refractivity contribution in [2.24, 2.45) is 0 Å². The molecule has 12 nitrogen and oxygen atoms in total. The average molecular weight is 463 g/mol. The van der Waals surface area contributed by atoms with Crippen LogP contribution < -0.4 is 0 Å². The van der Waals surface area contributed by atoms with Crippen molar-refractivity contribution in [1.29, 1.82) is 0 Å². The SMILES string of the molecule is O=C(O)CN1/C=C\N(CC(=O)O)CCN(CC(=O)c2ccccn2)CCN(CC(=O)O)CC1. The fraction of sp³-hybridized carbons (Fsp3) is 0.476. The van der Waals surface area contributed by atoms with Crippen molar-refractivity contribution in [3.8, 4) is 0 Å². The van der Waals surface area contributed by atoms with Crippen LogP contribution in [0.25, 0.3) is 0 Å². The minimum Gasteiger partial charge on any atom is -0.480 e. The Balaban J connectivity index is 2.21. The summed E-state index contributed by atoms with van der Waals surface area (Å²) >= 11 is 0. The molecule has 0 unspecified atom stereocenters. The van der Waals surface area contributed by atoms with Gasteiger partial charge in [0.15, 0.2) is 5.78 Å². The van der Waals surface area contributed by atoms with E-state index in [1.165, 1.54) is 28.4 Å². The van der Waals surface area contributed by atoms with Crippen LogP contribution in [-0.4, -0.2) is 129 Å². The zero-order valence-corrected chi connectivity index (χ0v) is 18.2. The Morgan fingerprint density at radius 1 is 0.697 bits per heavy atom. The Morgan fingerprint density at radius 3 is 1.64 bits per heavy atom. The molecule has 0 radical (unpaired) electrons. The molecule has 2 heterocycles. The van der Waals surface area contributed by atoms with Gasteiger partial charge in [0.1, 0.15) is 18.8 Å². The molecule has 0 saturated heterocycles. The predicted molar refractivity (Wildman–Crippen MR) is 117 cm³/mol. The highest BCUT2D eigenvalue weighted by molar-refractivity contribution is 5.95. The first-order chi connectivity index (χ1) is 15.7. The van der Waals surface area contributed by atoms with Crippen LogP contribution in [0.5, 0.6) is 0 Å². The maximum atomic E-state index is 12.7. The number of hydrogen-bond acceptors (Lipinski definition) is 9. The summed E-state index contributed by atoms with van der Waals surface area (Å²) in [7, 11) is 0. The summed E-state index contributed by atoms with van der Waals surface area (Å²) in [5.74, 6) is -3.30. The largest absolute Gasteiger partial charge is 0.480 e. The zero-order chi connectivity index (χ0) is 24.2. The molecule has 0 bridgehead atoms. The van der Waals surface area contributed by atoms with E-state index < -0.39 is 17.9 Å². The van der Waals surface area contributed by atoms with Crippen LogP contribution in [0.3, 0.4) is 0 Å². The second-order valence-electron chi connectivity index (χ2n) is 7.61. The van der Waals surface area contributed by atoms with E-state index in [1.54, 1.807) is 23.1 Å². The number of ketones is 1. The molecular formula is C21H29N5O7. The molecule has 3 N–H and O–H groups in total. The first-order valence-electron chi connectivity index (χ1n) is 10.4. The van der Waals surface area contributed by atoms with Gasteiger partial charge in [0, 0.05) is 57.9 Å². The van der Waals surface area contributed by atoms with Gasteiger partial charge in [-0.05, 0) is 12.1 Å². The fourth-order valence-electron chi connectivity index (χ4n) is 3.31. The Hall–Kier alpha value is -3.51. The number of pyridine rings is 1. The van der Waals surface area contributed by atoms with Crippen LogP contribution in [0.4, 0.5) is 0 Å². The smallest absolute Gasteiger partial charge is 0.323 e. The van der Waals surface area contributed by atoms with Crippen LogP contribution >= 0.6 is 0 Å². The van der Waals surface area contributed by atoms with Gasteiger partial charge in [-0.3, -0.25) is 34.0 Å². The van der Waals surface area contributed by atoms with Crippen LogP contribution in [-0.2, 0) is 14.4 Å². The number of Topliss-reactive ketones (excluding diaryl/α,β-unsaturated/α-hetero) is 1. The lowest BCUT2D eigenvalue weighted by Crippen LogP contribution is -2.45. The van der Waals surface area contributed by atoms with Crippen molar-refractivity contribution in [2.75, 3.05) is 65.4 Å². The molecule has 1 aliphatic rings. The molecule has 2 rings (SSSR count). The zero-order valence-electron chi connectivity index (χ0n) is 18.2. The average Bonchev–Trinajstić information content (AvgIpc) is 2.75. The minimum absolute atomic E-state index is 0.0493. The molecule has 0 aliphatic carbocycles. The van der Waals surface area contributed by atoms with E-state index in [1.807, 2.05) is 4.90 Å². The maximum absolute atomic E-state index is 12.7. The number of carboxylic acids is 3. The van der Waals surface area contributed by atoms with Crippen molar-refractivity contribution in [3.63, 3.8) is 0 Å². The summed E-state index contributed by atoms with van der Waals surface area (Å²) in [4.78, 5) is 57.0. The lowest BCUT2D eigenvalue weighted by Gasteiger charge is -2.31. The highest BCUT2D eigenvalue weighted by Crippen LogP contribution is 2.04. The highest BCUT2D eigenvalue weighted by Gasteiger charge is 2.19. The number of carbonyl (C=O) groups is 4. The molecule has 180 valence electrons. The Labute approximate surface area is 191 Å². The van der Waals surface area contributed by atoms with Gasteiger partial charge in [-0.25, -0.2) is 0 Å². The summed E-state index contributed by atoms with van der Waals surface area (Å²) < 4.78 is 0. The first kappa shape index (κ1) is 25.7.